The molecule has 0 spiro atoms. The molecule has 0 unspecified atom stereocenters. The standard InChI is InChI=1S/C26H26N4O2/c1-2-24(31)30(26-27-21-13-5-6-14-22(21)28-26)25(32)23-15-8-16-29(23)17-19-11-7-10-18-9-3-4-12-20(18)19/h3-7,9-14,23H,2,8,15-17H2,1H3,(H,27,28)/t23-/m0/s1. The fourth-order valence-corrected chi connectivity index (χ4v) is 4.64. The van der Waals surface area contributed by atoms with Gasteiger partial charge in [0.15, 0.2) is 0 Å². The highest BCUT2D eigenvalue weighted by atomic mass is 16.2. The number of fused-ring (bicyclic) bond motifs is 2. The maximum absolute atomic E-state index is 13.7. The molecule has 3 aromatic carbocycles. The summed E-state index contributed by atoms with van der Waals surface area (Å²) in [5, 5.41) is 2.39. The molecule has 1 fully saturated rings. The van der Waals surface area contributed by atoms with E-state index < -0.39 is 0 Å². The third-order valence-corrected chi connectivity index (χ3v) is 6.26. The number of H-pyrrole nitrogens is 1. The Morgan fingerprint density at radius 3 is 2.69 bits per heavy atom. The summed E-state index contributed by atoms with van der Waals surface area (Å²) >= 11 is 0. The summed E-state index contributed by atoms with van der Waals surface area (Å²) in [4.78, 5) is 37.7. The lowest BCUT2D eigenvalue weighted by molar-refractivity contribution is -0.129. The van der Waals surface area contributed by atoms with Crippen molar-refractivity contribution in [2.75, 3.05) is 11.4 Å². The third-order valence-electron chi connectivity index (χ3n) is 6.26. The topological polar surface area (TPSA) is 69.3 Å². The molecule has 1 saturated heterocycles. The van der Waals surface area contributed by atoms with Crippen LogP contribution < -0.4 is 4.90 Å². The molecule has 0 saturated carbocycles. The van der Waals surface area contributed by atoms with Crippen LogP contribution in [0.4, 0.5) is 5.95 Å². The van der Waals surface area contributed by atoms with Gasteiger partial charge in [0, 0.05) is 13.0 Å². The van der Waals surface area contributed by atoms with Crippen molar-refractivity contribution in [3.63, 3.8) is 0 Å². The van der Waals surface area contributed by atoms with Crippen molar-refractivity contribution in [3.8, 4) is 0 Å². The van der Waals surface area contributed by atoms with Crippen LogP contribution in [0.2, 0.25) is 0 Å². The van der Waals surface area contributed by atoms with Gasteiger partial charge in [-0.1, -0.05) is 61.5 Å². The predicted molar refractivity (Wildman–Crippen MR) is 126 cm³/mol. The van der Waals surface area contributed by atoms with E-state index in [1.807, 2.05) is 36.4 Å². The number of para-hydroxylation sites is 2. The monoisotopic (exact) mass is 426 g/mol. The number of rotatable bonds is 5. The van der Waals surface area contributed by atoms with E-state index >= 15 is 0 Å². The van der Waals surface area contributed by atoms with Gasteiger partial charge in [-0.25, -0.2) is 9.88 Å². The number of imidazole rings is 1. The average molecular weight is 427 g/mol. The molecule has 0 radical (unpaired) electrons. The molecular formula is C26H26N4O2. The van der Waals surface area contributed by atoms with Gasteiger partial charge < -0.3 is 4.98 Å². The van der Waals surface area contributed by atoms with Crippen LogP contribution in [0, 0.1) is 0 Å². The zero-order valence-electron chi connectivity index (χ0n) is 18.1. The van der Waals surface area contributed by atoms with Crippen molar-refractivity contribution in [1.29, 1.82) is 0 Å². The maximum Gasteiger partial charge on any atom is 0.253 e. The minimum Gasteiger partial charge on any atom is -0.323 e. The molecule has 4 aromatic rings. The first kappa shape index (κ1) is 20.4. The molecule has 0 aliphatic carbocycles. The van der Waals surface area contributed by atoms with E-state index in [-0.39, 0.29) is 24.3 Å². The van der Waals surface area contributed by atoms with E-state index in [1.165, 1.54) is 21.2 Å². The van der Waals surface area contributed by atoms with E-state index in [4.69, 9.17) is 0 Å². The Balaban J connectivity index is 1.45. The molecule has 162 valence electrons. The van der Waals surface area contributed by atoms with Crippen LogP contribution >= 0.6 is 0 Å². The molecule has 0 bridgehead atoms. The first-order valence-corrected chi connectivity index (χ1v) is 11.2. The molecular weight excluding hydrogens is 400 g/mol. The SMILES string of the molecule is CCC(=O)N(C(=O)[C@@H]1CCCN1Cc1cccc2ccccc12)c1nc2ccccc2[nH]1. The number of anilines is 1. The van der Waals surface area contributed by atoms with Crippen LogP contribution in [0.5, 0.6) is 0 Å². The highest BCUT2D eigenvalue weighted by molar-refractivity contribution is 6.16. The molecule has 1 aromatic heterocycles. The second-order valence-corrected chi connectivity index (χ2v) is 8.27. The van der Waals surface area contributed by atoms with Gasteiger partial charge in [-0.2, -0.15) is 0 Å². The molecule has 32 heavy (non-hydrogen) atoms. The Kier molecular flexibility index (Phi) is 5.45. The highest BCUT2D eigenvalue weighted by Crippen LogP contribution is 2.27. The fraction of sp³-hybridized carbons (Fsp3) is 0.269. The van der Waals surface area contributed by atoms with Crippen molar-refractivity contribution in [1.82, 2.24) is 14.9 Å². The molecule has 1 atom stereocenters. The Morgan fingerprint density at radius 1 is 1.06 bits per heavy atom. The van der Waals surface area contributed by atoms with Gasteiger partial charge in [-0.05, 0) is 47.9 Å². The fourth-order valence-electron chi connectivity index (χ4n) is 4.64. The molecule has 2 amide bonds. The number of imide groups is 1. The van der Waals surface area contributed by atoms with Crippen LogP contribution in [0.1, 0.15) is 31.7 Å². The highest BCUT2D eigenvalue weighted by Gasteiger charge is 2.37. The van der Waals surface area contributed by atoms with E-state index in [0.29, 0.717) is 12.5 Å². The average Bonchev–Trinajstić information content (AvgIpc) is 3.46. The Bertz CT molecular complexity index is 1260. The summed E-state index contributed by atoms with van der Waals surface area (Å²) in [6.45, 7) is 3.27. The second kappa shape index (κ2) is 8.55. The Hall–Kier alpha value is -3.51. The first-order valence-electron chi connectivity index (χ1n) is 11.2. The van der Waals surface area contributed by atoms with Crippen LogP contribution in [0.15, 0.2) is 66.7 Å². The van der Waals surface area contributed by atoms with Crippen LogP contribution in [-0.2, 0) is 16.1 Å². The van der Waals surface area contributed by atoms with Crippen LogP contribution in [-0.4, -0.2) is 39.3 Å². The van der Waals surface area contributed by atoms with Gasteiger partial charge in [-0.3, -0.25) is 14.5 Å². The molecule has 5 rings (SSSR count). The zero-order chi connectivity index (χ0) is 22.1. The minimum absolute atomic E-state index is 0.200. The minimum atomic E-state index is -0.349. The van der Waals surface area contributed by atoms with Crippen molar-refractivity contribution < 1.29 is 9.59 Å². The molecule has 6 nitrogen and oxygen atoms in total. The number of amides is 2. The molecule has 1 aliphatic heterocycles. The first-order chi connectivity index (χ1) is 15.7. The lowest BCUT2D eigenvalue weighted by Crippen LogP contribution is -2.48. The smallest absolute Gasteiger partial charge is 0.253 e. The second-order valence-electron chi connectivity index (χ2n) is 8.27. The summed E-state index contributed by atoms with van der Waals surface area (Å²) < 4.78 is 0. The largest absolute Gasteiger partial charge is 0.323 e. The van der Waals surface area contributed by atoms with Gasteiger partial charge in [0.1, 0.15) is 0 Å². The molecule has 1 N–H and O–H groups in total. The number of likely N-dealkylation sites (tertiary alicyclic amines) is 1. The number of nitrogens with zero attached hydrogens (tertiary/aromatic N) is 3. The zero-order valence-corrected chi connectivity index (χ0v) is 18.1. The maximum atomic E-state index is 13.7. The Labute approximate surface area is 186 Å². The van der Waals surface area contributed by atoms with Gasteiger partial charge in [0.2, 0.25) is 11.9 Å². The van der Waals surface area contributed by atoms with Crippen molar-refractivity contribution in [2.45, 2.75) is 38.8 Å². The number of benzene rings is 3. The van der Waals surface area contributed by atoms with E-state index in [9.17, 15) is 9.59 Å². The molecule has 1 aliphatic rings. The number of carbonyl (C=O) groups excluding carboxylic acids is 2. The quantitative estimate of drug-likeness (QED) is 0.504. The normalized spacial score (nSPS) is 16.6. The lowest BCUT2D eigenvalue weighted by Gasteiger charge is -2.28. The van der Waals surface area contributed by atoms with Gasteiger partial charge >= 0.3 is 0 Å². The number of carbonyl (C=O) groups is 2. The van der Waals surface area contributed by atoms with Crippen molar-refractivity contribution in [3.05, 3.63) is 72.3 Å². The van der Waals surface area contributed by atoms with Crippen LogP contribution in [0.3, 0.4) is 0 Å². The van der Waals surface area contributed by atoms with Gasteiger partial charge in [0.25, 0.3) is 5.91 Å². The van der Waals surface area contributed by atoms with E-state index in [2.05, 4.69) is 45.2 Å². The van der Waals surface area contributed by atoms with Gasteiger partial charge in [-0.15, -0.1) is 0 Å². The summed E-state index contributed by atoms with van der Waals surface area (Å²) in [6, 6.07) is 21.8. The van der Waals surface area contributed by atoms with Gasteiger partial charge in [0.05, 0.1) is 17.1 Å². The number of aromatic amines is 1. The summed E-state index contributed by atoms with van der Waals surface area (Å²) in [7, 11) is 0. The number of hydrogen-bond donors (Lipinski definition) is 1. The van der Waals surface area contributed by atoms with Crippen LogP contribution in [0.25, 0.3) is 21.8 Å². The molecule has 2 heterocycles. The Morgan fingerprint density at radius 2 is 1.84 bits per heavy atom. The van der Waals surface area contributed by atoms with Crippen molar-refractivity contribution >= 4 is 39.6 Å². The molecule has 6 heteroatoms. The summed E-state index contributed by atoms with van der Waals surface area (Å²) in [5.41, 5.74) is 2.74. The van der Waals surface area contributed by atoms with E-state index in [0.717, 1.165) is 30.4 Å². The predicted octanol–water partition coefficient (Wildman–Crippen LogP) is 4.65. The third kappa shape index (κ3) is 3.67. The number of aromatic nitrogens is 2. The van der Waals surface area contributed by atoms with E-state index in [1.54, 1.807) is 6.92 Å². The lowest BCUT2D eigenvalue weighted by atomic mass is 10.0. The number of nitrogens with one attached hydrogen (secondary N) is 1. The number of hydrogen-bond acceptors (Lipinski definition) is 4. The summed E-state index contributed by atoms with van der Waals surface area (Å²) in [5.74, 6) is -0.139. The van der Waals surface area contributed by atoms with Crippen molar-refractivity contribution in [2.24, 2.45) is 0 Å². The summed E-state index contributed by atoms with van der Waals surface area (Å²) in [6.07, 6.45) is 1.89.